The first-order valence-electron chi connectivity index (χ1n) is 13.7. The van der Waals surface area contributed by atoms with Gasteiger partial charge in [0.05, 0.1) is 29.1 Å². The predicted molar refractivity (Wildman–Crippen MR) is 159 cm³/mol. The second-order valence-electron chi connectivity index (χ2n) is 10.4. The van der Waals surface area contributed by atoms with Crippen LogP contribution < -0.4 is 16.0 Å². The van der Waals surface area contributed by atoms with Crippen LogP contribution >= 0.6 is 0 Å². The van der Waals surface area contributed by atoms with E-state index in [9.17, 15) is 19.5 Å². The molecule has 2 amide bonds. The molecule has 2 heterocycles. The summed E-state index contributed by atoms with van der Waals surface area (Å²) in [4.78, 5) is 40.2. The smallest absolute Gasteiger partial charge is 0.336 e. The number of likely N-dealkylation sites (tertiary alicyclic amines) is 1. The van der Waals surface area contributed by atoms with Gasteiger partial charge in [0.1, 0.15) is 0 Å². The number of rotatable bonds is 9. The number of hydrogen-bond acceptors (Lipinski definition) is 6. The molecule has 0 bridgehead atoms. The third-order valence-electron chi connectivity index (χ3n) is 7.60. The number of fused-ring (bicyclic) bond motifs is 1. The molecule has 0 spiro atoms. The second-order valence-corrected chi connectivity index (χ2v) is 10.4. The van der Waals surface area contributed by atoms with Gasteiger partial charge in [-0.05, 0) is 67.3 Å². The number of nitrogens with one attached hydrogen (secondary N) is 3. The molecule has 3 aromatic carbocycles. The Hall–Kier alpha value is -4.47. The van der Waals surface area contributed by atoms with E-state index in [1.807, 2.05) is 42.5 Å². The number of nitrogens with zero attached hydrogens (tertiary/aromatic N) is 1. The predicted octanol–water partition coefficient (Wildman–Crippen LogP) is 4.47. The van der Waals surface area contributed by atoms with Gasteiger partial charge in [-0.3, -0.25) is 9.59 Å². The molecule has 41 heavy (non-hydrogen) atoms. The van der Waals surface area contributed by atoms with Crippen molar-refractivity contribution in [2.75, 3.05) is 44.0 Å². The third kappa shape index (κ3) is 6.32. The van der Waals surface area contributed by atoms with E-state index >= 15 is 0 Å². The number of anilines is 2. The lowest BCUT2D eigenvalue weighted by atomic mass is 9.96. The standard InChI is InChI=1S/C32H34N4O5/c1-20-18-26-27(19-25(20)32(39)40)35-31(38)28(26)29(21-6-4-3-5-7-21)33-23-10-8-22(9-11-23)30(37)34-24-12-14-36(15-13-24)16-17-41-2/h3-11,18-19,24,33H,12-17H2,1-2H3,(H,34,37)(H,35,38)(H,39,40). The molecule has 0 aromatic heterocycles. The molecule has 0 saturated carbocycles. The lowest BCUT2D eigenvalue weighted by Crippen LogP contribution is -2.45. The maximum absolute atomic E-state index is 13.2. The minimum atomic E-state index is -1.05. The number of carboxylic acids is 1. The summed E-state index contributed by atoms with van der Waals surface area (Å²) in [5, 5.41) is 18.9. The average molecular weight is 555 g/mol. The zero-order chi connectivity index (χ0) is 28.9. The first-order chi connectivity index (χ1) is 19.8. The Labute approximate surface area is 239 Å². The summed E-state index contributed by atoms with van der Waals surface area (Å²) in [6, 6.07) is 20.0. The zero-order valence-corrected chi connectivity index (χ0v) is 23.2. The summed E-state index contributed by atoms with van der Waals surface area (Å²) in [6.07, 6.45) is 1.81. The van der Waals surface area contributed by atoms with E-state index in [2.05, 4.69) is 20.9 Å². The number of carboxylic acid groups (broad SMARTS) is 1. The van der Waals surface area contributed by atoms with Crippen molar-refractivity contribution in [2.24, 2.45) is 0 Å². The van der Waals surface area contributed by atoms with Gasteiger partial charge in [-0.2, -0.15) is 0 Å². The quantitative estimate of drug-likeness (QED) is 0.288. The number of carbonyl (C=O) groups is 3. The van der Waals surface area contributed by atoms with Crippen molar-refractivity contribution in [3.05, 3.63) is 94.5 Å². The molecule has 0 aliphatic carbocycles. The fourth-order valence-electron chi connectivity index (χ4n) is 5.33. The molecular weight excluding hydrogens is 520 g/mol. The Morgan fingerprint density at radius 3 is 2.39 bits per heavy atom. The molecular formula is C32H34N4O5. The lowest BCUT2D eigenvalue weighted by molar-refractivity contribution is -0.110. The summed E-state index contributed by atoms with van der Waals surface area (Å²) in [6.45, 7) is 5.20. The van der Waals surface area contributed by atoms with Crippen molar-refractivity contribution < 1.29 is 24.2 Å². The SMILES string of the molecule is COCCN1CCC(NC(=O)c2ccc(NC(=C3C(=O)Nc4cc(C(=O)O)c(C)cc43)c3ccccc3)cc2)CC1. The van der Waals surface area contributed by atoms with E-state index in [1.54, 1.807) is 32.2 Å². The highest BCUT2D eigenvalue weighted by Crippen LogP contribution is 2.39. The Balaban J connectivity index is 1.36. The van der Waals surface area contributed by atoms with Gasteiger partial charge in [-0.1, -0.05) is 30.3 Å². The van der Waals surface area contributed by atoms with Crippen molar-refractivity contribution in [3.63, 3.8) is 0 Å². The Morgan fingerprint density at radius 1 is 1.02 bits per heavy atom. The number of hydrogen-bond donors (Lipinski definition) is 4. The van der Waals surface area contributed by atoms with Crippen molar-refractivity contribution >= 4 is 40.4 Å². The number of carbonyl (C=O) groups excluding carboxylic acids is 2. The number of piperidine rings is 1. The van der Waals surface area contributed by atoms with Crippen molar-refractivity contribution in [1.82, 2.24) is 10.2 Å². The molecule has 2 aliphatic rings. The van der Waals surface area contributed by atoms with E-state index in [0.717, 1.165) is 38.0 Å². The van der Waals surface area contributed by atoms with Gasteiger partial charge in [0.25, 0.3) is 11.8 Å². The van der Waals surface area contributed by atoms with Crippen LogP contribution in [-0.4, -0.2) is 67.2 Å². The molecule has 2 aliphatic heterocycles. The second kappa shape index (κ2) is 12.4. The molecule has 1 saturated heterocycles. The van der Waals surface area contributed by atoms with Gasteiger partial charge in [-0.25, -0.2) is 4.79 Å². The summed E-state index contributed by atoms with van der Waals surface area (Å²) >= 11 is 0. The van der Waals surface area contributed by atoms with E-state index < -0.39 is 5.97 Å². The van der Waals surface area contributed by atoms with E-state index in [-0.39, 0.29) is 23.4 Å². The minimum absolute atomic E-state index is 0.109. The number of aromatic carboxylic acids is 1. The topological polar surface area (TPSA) is 120 Å². The van der Waals surface area contributed by atoms with Gasteiger partial charge >= 0.3 is 5.97 Å². The first kappa shape index (κ1) is 28.1. The van der Waals surface area contributed by atoms with Crippen LogP contribution in [0.3, 0.4) is 0 Å². The molecule has 0 unspecified atom stereocenters. The number of methoxy groups -OCH3 is 1. The number of amides is 2. The van der Waals surface area contributed by atoms with Crippen LogP contribution in [0, 0.1) is 6.92 Å². The highest BCUT2D eigenvalue weighted by molar-refractivity contribution is 6.37. The maximum Gasteiger partial charge on any atom is 0.336 e. The van der Waals surface area contributed by atoms with Crippen LogP contribution in [0.5, 0.6) is 0 Å². The summed E-state index contributed by atoms with van der Waals surface area (Å²) in [7, 11) is 1.71. The summed E-state index contributed by atoms with van der Waals surface area (Å²) in [5.41, 5.74) is 4.87. The monoisotopic (exact) mass is 554 g/mol. The largest absolute Gasteiger partial charge is 0.478 e. The van der Waals surface area contributed by atoms with Gasteiger partial charge < -0.3 is 30.7 Å². The van der Waals surface area contributed by atoms with Gasteiger partial charge in [0.2, 0.25) is 0 Å². The number of aryl methyl sites for hydroxylation is 1. The van der Waals surface area contributed by atoms with Crippen LogP contribution in [0.15, 0.2) is 66.7 Å². The van der Waals surface area contributed by atoms with E-state index in [4.69, 9.17) is 4.74 Å². The number of ether oxygens (including phenoxy) is 1. The van der Waals surface area contributed by atoms with Crippen molar-refractivity contribution in [2.45, 2.75) is 25.8 Å². The van der Waals surface area contributed by atoms with Gasteiger partial charge in [0.15, 0.2) is 0 Å². The molecule has 4 N–H and O–H groups in total. The zero-order valence-electron chi connectivity index (χ0n) is 23.2. The normalized spacial score (nSPS) is 16.6. The van der Waals surface area contributed by atoms with Crippen LogP contribution in [0.4, 0.5) is 11.4 Å². The van der Waals surface area contributed by atoms with Crippen molar-refractivity contribution in [1.29, 1.82) is 0 Å². The molecule has 1 fully saturated rings. The number of benzene rings is 3. The summed E-state index contributed by atoms with van der Waals surface area (Å²) in [5.74, 6) is -1.48. The molecule has 0 atom stereocenters. The minimum Gasteiger partial charge on any atom is -0.478 e. The van der Waals surface area contributed by atoms with Crippen molar-refractivity contribution in [3.8, 4) is 0 Å². The average Bonchev–Trinajstić information content (AvgIpc) is 3.29. The molecule has 9 heteroatoms. The van der Waals surface area contributed by atoms with Gasteiger partial charge in [-0.15, -0.1) is 0 Å². The first-order valence-corrected chi connectivity index (χ1v) is 13.7. The molecule has 9 nitrogen and oxygen atoms in total. The highest BCUT2D eigenvalue weighted by Gasteiger charge is 2.30. The molecule has 212 valence electrons. The van der Waals surface area contributed by atoms with Crippen LogP contribution in [0.25, 0.3) is 11.3 Å². The fourth-order valence-corrected chi connectivity index (χ4v) is 5.33. The molecule has 5 rings (SSSR count). The highest BCUT2D eigenvalue weighted by atomic mass is 16.5. The molecule has 0 radical (unpaired) electrons. The molecule has 3 aromatic rings. The van der Waals surface area contributed by atoms with Crippen LogP contribution in [0.2, 0.25) is 0 Å². The van der Waals surface area contributed by atoms with Crippen LogP contribution in [-0.2, 0) is 9.53 Å². The fraction of sp³-hybridized carbons (Fsp3) is 0.281. The van der Waals surface area contributed by atoms with Crippen LogP contribution in [0.1, 0.15) is 50.2 Å². The van der Waals surface area contributed by atoms with E-state index in [0.29, 0.717) is 45.9 Å². The Morgan fingerprint density at radius 2 is 1.73 bits per heavy atom. The lowest BCUT2D eigenvalue weighted by Gasteiger charge is -2.32. The maximum atomic E-state index is 13.2. The Kier molecular flexibility index (Phi) is 8.47. The third-order valence-corrected chi connectivity index (χ3v) is 7.60. The Bertz CT molecular complexity index is 1480. The van der Waals surface area contributed by atoms with Gasteiger partial charge in [0, 0.05) is 49.6 Å². The van der Waals surface area contributed by atoms with E-state index in [1.165, 1.54) is 6.07 Å². The summed E-state index contributed by atoms with van der Waals surface area (Å²) < 4.78 is 5.16.